The monoisotopic (exact) mass is 146 g/mol. The second-order valence-corrected chi connectivity index (χ2v) is 6.22. The van der Waals surface area contributed by atoms with Crippen molar-refractivity contribution in [2.24, 2.45) is 0 Å². The van der Waals surface area contributed by atoms with Crippen LogP contribution < -0.4 is 0 Å². The molecule has 1 unspecified atom stereocenters. The zero-order valence-corrected chi connectivity index (χ0v) is 6.74. The largest absolute Gasteiger partial charge is 0.397 e. The molecular formula is C6H14O2Si. The van der Waals surface area contributed by atoms with Crippen LogP contribution in [0.1, 0.15) is 12.8 Å². The maximum absolute atomic E-state index is 9.27. The summed E-state index contributed by atoms with van der Waals surface area (Å²) in [6.07, 6.45) is 1.94. The second kappa shape index (κ2) is 3.34. The van der Waals surface area contributed by atoms with E-state index in [2.05, 4.69) is 0 Å². The highest BCUT2D eigenvalue weighted by molar-refractivity contribution is 6.62. The van der Waals surface area contributed by atoms with Gasteiger partial charge in [-0.2, -0.15) is 0 Å². The van der Waals surface area contributed by atoms with E-state index in [1.54, 1.807) is 0 Å². The third kappa shape index (κ3) is 1.78. The van der Waals surface area contributed by atoms with E-state index in [1.807, 2.05) is 0 Å². The van der Waals surface area contributed by atoms with E-state index in [0.717, 1.165) is 0 Å². The van der Waals surface area contributed by atoms with E-state index in [1.165, 1.54) is 18.5 Å². The molecule has 0 aliphatic carbocycles. The van der Waals surface area contributed by atoms with Crippen LogP contribution in [0.4, 0.5) is 0 Å². The van der Waals surface area contributed by atoms with Crippen LogP contribution in [0.2, 0.25) is 12.1 Å². The van der Waals surface area contributed by atoms with E-state index in [9.17, 15) is 5.11 Å². The number of aliphatic hydroxyl groups excluding tert-OH is 2. The van der Waals surface area contributed by atoms with Gasteiger partial charge in [-0.25, -0.2) is 0 Å². The van der Waals surface area contributed by atoms with Gasteiger partial charge in [0.15, 0.2) is 0 Å². The predicted molar refractivity (Wildman–Crippen MR) is 39.1 cm³/mol. The molecule has 1 aliphatic rings. The predicted octanol–water partition coefficient (Wildman–Crippen LogP) is -0.100. The van der Waals surface area contributed by atoms with Crippen molar-refractivity contribution in [3.05, 3.63) is 0 Å². The first kappa shape index (κ1) is 7.25. The third-order valence-electron chi connectivity index (χ3n) is 2.12. The van der Waals surface area contributed by atoms with Crippen molar-refractivity contribution in [1.29, 1.82) is 0 Å². The van der Waals surface area contributed by atoms with Crippen LogP contribution in [0.15, 0.2) is 0 Å². The molecule has 1 aliphatic heterocycles. The lowest BCUT2D eigenvalue weighted by Crippen LogP contribution is -2.36. The lowest BCUT2D eigenvalue weighted by atomic mass is 10.5. The van der Waals surface area contributed by atoms with Crippen LogP contribution in [0.5, 0.6) is 0 Å². The Balaban J connectivity index is 2.08. The number of aliphatic hydroxyl groups is 2. The summed E-state index contributed by atoms with van der Waals surface area (Å²) < 4.78 is 0. The number of rotatable bonds is 3. The van der Waals surface area contributed by atoms with Gasteiger partial charge < -0.3 is 10.2 Å². The lowest BCUT2D eigenvalue weighted by Gasteiger charge is -2.28. The molecule has 1 heterocycles. The molecule has 0 radical (unpaired) electrons. The quantitative estimate of drug-likeness (QED) is 0.546. The molecule has 0 aromatic heterocycles. The van der Waals surface area contributed by atoms with Crippen LogP contribution in [0.25, 0.3) is 0 Å². The van der Waals surface area contributed by atoms with Gasteiger partial charge in [0.05, 0.1) is 8.80 Å². The maximum atomic E-state index is 9.27. The zero-order chi connectivity index (χ0) is 6.69. The lowest BCUT2D eigenvalue weighted by molar-refractivity contribution is 0.185. The van der Waals surface area contributed by atoms with E-state index in [-0.39, 0.29) is 12.3 Å². The SMILES string of the molecule is OCCC(O)[SiH]1CCC1. The fourth-order valence-electron chi connectivity index (χ4n) is 1.19. The van der Waals surface area contributed by atoms with Gasteiger partial charge in [0.2, 0.25) is 0 Å². The van der Waals surface area contributed by atoms with Crippen molar-refractivity contribution < 1.29 is 10.2 Å². The Morgan fingerprint density at radius 1 is 1.44 bits per heavy atom. The van der Waals surface area contributed by atoms with Crippen LogP contribution in [-0.2, 0) is 0 Å². The number of hydrogen-bond donors (Lipinski definition) is 2. The molecule has 54 valence electrons. The Bertz CT molecular complexity index is 83.1. The van der Waals surface area contributed by atoms with Gasteiger partial charge in [0, 0.05) is 12.3 Å². The molecule has 1 atom stereocenters. The normalized spacial score (nSPS) is 23.3. The highest BCUT2D eigenvalue weighted by Gasteiger charge is 2.26. The van der Waals surface area contributed by atoms with Gasteiger partial charge >= 0.3 is 0 Å². The van der Waals surface area contributed by atoms with Gasteiger partial charge in [-0.1, -0.05) is 18.5 Å². The van der Waals surface area contributed by atoms with Crippen molar-refractivity contribution in [1.82, 2.24) is 0 Å². The summed E-state index contributed by atoms with van der Waals surface area (Å²) in [4.78, 5) is 0. The summed E-state index contributed by atoms with van der Waals surface area (Å²) in [6, 6.07) is 2.59. The fourth-order valence-corrected chi connectivity index (χ4v) is 3.46. The highest BCUT2D eigenvalue weighted by Crippen LogP contribution is 2.23. The molecule has 1 rings (SSSR count). The van der Waals surface area contributed by atoms with Crippen LogP contribution in [0.3, 0.4) is 0 Å². The van der Waals surface area contributed by atoms with Crippen molar-refractivity contribution in [2.75, 3.05) is 6.61 Å². The van der Waals surface area contributed by atoms with E-state index in [4.69, 9.17) is 5.11 Å². The molecule has 0 aromatic carbocycles. The molecular weight excluding hydrogens is 132 g/mol. The molecule has 9 heavy (non-hydrogen) atoms. The summed E-state index contributed by atoms with van der Waals surface area (Å²) in [5.41, 5.74) is -0.0938. The molecule has 2 nitrogen and oxygen atoms in total. The average molecular weight is 146 g/mol. The highest BCUT2D eigenvalue weighted by atomic mass is 28.3. The topological polar surface area (TPSA) is 40.5 Å². The van der Waals surface area contributed by atoms with Gasteiger partial charge in [0.1, 0.15) is 0 Å². The number of hydrogen-bond acceptors (Lipinski definition) is 2. The third-order valence-corrected chi connectivity index (χ3v) is 5.84. The molecule has 1 saturated heterocycles. The average Bonchev–Trinajstić information content (AvgIpc) is 1.60. The van der Waals surface area contributed by atoms with Crippen LogP contribution in [-0.4, -0.2) is 31.3 Å². The van der Waals surface area contributed by atoms with Crippen molar-refractivity contribution in [2.45, 2.75) is 30.7 Å². The summed E-state index contributed by atoms with van der Waals surface area (Å²) in [7, 11) is -0.717. The Hall–Kier alpha value is 0.137. The Kier molecular flexibility index (Phi) is 2.69. The molecule has 0 aromatic rings. The molecule has 0 spiro atoms. The summed E-state index contributed by atoms with van der Waals surface area (Å²) in [6.45, 7) is 0.157. The Labute approximate surface area is 57.1 Å². The first-order valence-corrected chi connectivity index (χ1v) is 5.93. The van der Waals surface area contributed by atoms with Crippen molar-refractivity contribution in [3.63, 3.8) is 0 Å². The molecule has 0 bridgehead atoms. The van der Waals surface area contributed by atoms with Crippen LogP contribution >= 0.6 is 0 Å². The Morgan fingerprint density at radius 3 is 2.44 bits per heavy atom. The van der Waals surface area contributed by atoms with E-state index in [0.29, 0.717) is 6.42 Å². The standard InChI is InChI=1S/C6H14O2Si/c7-3-2-6(8)9-4-1-5-9/h6-9H,1-5H2. The summed E-state index contributed by atoms with van der Waals surface area (Å²) >= 11 is 0. The van der Waals surface area contributed by atoms with E-state index >= 15 is 0 Å². The first-order chi connectivity index (χ1) is 4.34. The molecule has 2 N–H and O–H groups in total. The van der Waals surface area contributed by atoms with Gasteiger partial charge in [-0.3, -0.25) is 0 Å². The van der Waals surface area contributed by atoms with Gasteiger partial charge in [-0.05, 0) is 6.42 Å². The van der Waals surface area contributed by atoms with Crippen molar-refractivity contribution in [3.8, 4) is 0 Å². The second-order valence-electron chi connectivity index (χ2n) is 2.77. The minimum Gasteiger partial charge on any atom is -0.397 e. The van der Waals surface area contributed by atoms with Gasteiger partial charge in [-0.15, -0.1) is 0 Å². The smallest absolute Gasteiger partial charge is 0.0714 e. The van der Waals surface area contributed by atoms with Gasteiger partial charge in [0.25, 0.3) is 0 Å². The zero-order valence-electron chi connectivity index (χ0n) is 5.58. The van der Waals surface area contributed by atoms with E-state index < -0.39 is 8.80 Å². The minimum absolute atomic E-state index is 0.0938. The molecule has 1 fully saturated rings. The van der Waals surface area contributed by atoms with Crippen molar-refractivity contribution >= 4 is 8.80 Å². The maximum Gasteiger partial charge on any atom is 0.0714 e. The minimum atomic E-state index is -0.717. The molecule has 0 amide bonds. The molecule has 0 saturated carbocycles. The fraction of sp³-hybridized carbons (Fsp3) is 1.00. The summed E-state index contributed by atoms with van der Waals surface area (Å²) in [5.74, 6) is 0. The summed E-state index contributed by atoms with van der Waals surface area (Å²) in [5, 5.41) is 17.7. The Morgan fingerprint density at radius 2 is 2.11 bits per heavy atom. The first-order valence-electron chi connectivity index (χ1n) is 3.63. The van der Waals surface area contributed by atoms with Crippen LogP contribution in [0, 0.1) is 0 Å². The molecule has 3 heteroatoms.